The van der Waals surface area contributed by atoms with Crippen LogP contribution in [0.2, 0.25) is 0 Å². The SMILES string of the molecule is CC(Nc1nccc(N2C(=O)OCC2[C@@H](C)O)n1)c1ncc(-c2cccc(C(F)(F)F)c2F)cn1. The third-order valence-corrected chi connectivity index (χ3v) is 5.37. The Balaban J connectivity index is 1.52. The van der Waals surface area contributed by atoms with Crippen LogP contribution in [0, 0.1) is 5.82 Å². The monoisotopic (exact) mass is 492 g/mol. The molecular weight excluding hydrogens is 472 g/mol. The van der Waals surface area contributed by atoms with Crippen molar-refractivity contribution in [3.05, 3.63) is 60.1 Å². The lowest BCUT2D eigenvalue weighted by molar-refractivity contribution is -0.139. The maximum absolute atomic E-state index is 14.4. The molecule has 0 spiro atoms. The fourth-order valence-electron chi connectivity index (χ4n) is 3.54. The number of aliphatic hydroxyl groups excluding tert-OH is 1. The van der Waals surface area contributed by atoms with Gasteiger partial charge in [-0.1, -0.05) is 12.1 Å². The van der Waals surface area contributed by atoms with Crippen molar-refractivity contribution in [1.29, 1.82) is 0 Å². The van der Waals surface area contributed by atoms with Crippen LogP contribution in [-0.2, 0) is 10.9 Å². The number of hydrogen-bond donors (Lipinski definition) is 2. The molecule has 35 heavy (non-hydrogen) atoms. The maximum Gasteiger partial charge on any atom is 0.419 e. The molecular formula is C22H20F4N6O3. The Morgan fingerprint density at radius 3 is 2.54 bits per heavy atom. The number of aromatic nitrogens is 4. The minimum Gasteiger partial charge on any atom is -0.447 e. The first kappa shape index (κ1) is 24.3. The Morgan fingerprint density at radius 2 is 1.89 bits per heavy atom. The number of nitrogens with one attached hydrogen (secondary N) is 1. The second kappa shape index (κ2) is 9.41. The van der Waals surface area contributed by atoms with Crippen LogP contribution in [0.15, 0.2) is 42.9 Å². The van der Waals surface area contributed by atoms with Crippen LogP contribution in [0.25, 0.3) is 11.1 Å². The standard InChI is InChI=1S/C22H20F4N6O3/c1-11(30-20-27-7-6-17(31-20)32-16(12(2)33)10-35-21(32)34)19-28-8-13(9-29-19)14-4-3-5-15(18(14)23)22(24,25)26/h3-9,11-12,16,33H,10H2,1-2H3,(H,27,30,31)/t11?,12-,16?/m1/s1. The van der Waals surface area contributed by atoms with E-state index in [9.17, 15) is 27.5 Å². The zero-order valence-corrected chi connectivity index (χ0v) is 18.5. The molecule has 0 bridgehead atoms. The Bertz CT molecular complexity index is 1220. The number of amides is 1. The van der Waals surface area contributed by atoms with Gasteiger partial charge < -0.3 is 15.2 Å². The van der Waals surface area contributed by atoms with Gasteiger partial charge in [0.05, 0.1) is 17.7 Å². The maximum atomic E-state index is 14.4. The quantitative estimate of drug-likeness (QED) is 0.497. The molecule has 1 fully saturated rings. The third kappa shape index (κ3) is 4.99. The van der Waals surface area contributed by atoms with E-state index in [2.05, 4.69) is 25.3 Å². The van der Waals surface area contributed by atoms with Crippen molar-refractivity contribution in [2.24, 2.45) is 0 Å². The van der Waals surface area contributed by atoms with E-state index < -0.39 is 41.8 Å². The van der Waals surface area contributed by atoms with Crippen molar-refractivity contribution in [1.82, 2.24) is 19.9 Å². The van der Waals surface area contributed by atoms with Crippen LogP contribution >= 0.6 is 0 Å². The first-order chi connectivity index (χ1) is 16.6. The van der Waals surface area contributed by atoms with Crippen molar-refractivity contribution in [3.63, 3.8) is 0 Å². The summed E-state index contributed by atoms with van der Waals surface area (Å²) in [6, 6.07) is 3.33. The van der Waals surface area contributed by atoms with Crippen LogP contribution in [0.5, 0.6) is 0 Å². The highest BCUT2D eigenvalue weighted by molar-refractivity contribution is 5.89. The topological polar surface area (TPSA) is 113 Å². The molecule has 1 aliphatic rings. The first-order valence-corrected chi connectivity index (χ1v) is 10.5. The van der Waals surface area contributed by atoms with E-state index in [1.165, 1.54) is 42.5 Å². The molecule has 1 saturated heterocycles. The molecule has 3 heterocycles. The van der Waals surface area contributed by atoms with Gasteiger partial charge in [-0.2, -0.15) is 18.2 Å². The average molecular weight is 492 g/mol. The normalized spacial score (nSPS) is 17.7. The fourth-order valence-corrected chi connectivity index (χ4v) is 3.54. The minimum absolute atomic E-state index is 0.0202. The molecule has 0 radical (unpaired) electrons. The summed E-state index contributed by atoms with van der Waals surface area (Å²) in [6.45, 7) is 3.25. The average Bonchev–Trinajstić information content (AvgIpc) is 3.20. The Kier molecular flexibility index (Phi) is 6.52. The van der Waals surface area contributed by atoms with Gasteiger partial charge in [0.2, 0.25) is 5.95 Å². The predicted octanol–water partition coefficient (Wildman–Crippen LogP) is 3.97. The number of aliphatic hydroxyl groups is 1. The summed E-state index contributed by atoms with van der Waals surface area (Å²) in [5.74, 6) is -0.795. The van der Waals surface area contributed by atoms with Gasteiger partial charge in [-0.25, -0.2) is 24.1 Å². The highest BCUT2D eigenvalue weighted by Crippen LogP contribution is 2.35. The molecule has 13 heteroatoms. The molecule has 1 aliphatic heterocycles. The molecule has 4 rings (SSSR count). The summed E-state index contributed by atoms with van der Waals surface area (Å²) >= 11 is 0. The minimum atomic E-state index is -4.82. The summed E-state index contributed by atoms with van der Waals surface area (Å²) in [5, 5.41) is 12.9. The lowest BCUT2D eigenvalue weighted by Gasteiger charge is -2.23. The Labute approximate surface area is 196 Å². The molecule has 3 aromatic rings. The summed E-state index contributed by atoms with van der Waals surface area (Å²) in [4.78, 5) is 30.0. The van der Waals surface area contributed by atoms with Crippen LogP contribution < -0.4 is 10.2 Å². The molecule has 2 N–H and O–H groups in total. The largest absolute Gasteiger partial charge is 0.447 e. The van der Waals surface area contributed by atoms with Gasteiger partial charge in [0.15, 0.2) is 0 Å². The van der Waals surface area contributed by atoms with E-state index in [-0.39, 0.29) is 35.3 Å². The van der Waals surface area contributed by atoms with E-state index >= 15 is 0 Å². The number of anilines is 2. The predicted molar refractivity (Wildman–Crippen MR) is 116 cm³/mol. The number of carbonyl (C=O) groups excluding carboxylic acids is 1. The molecule has 9 nitrogen and oxygen atoms in total. The summed E-state index contributed by atoms with van der Waals surface area (Å²) < 4.78 is 58.4. The molecule has 2 unspecified atom stereocenters. The molecule has 184 valence electrons. The van der Waals surface area contributed by atoms with E-state index in [1.54, 1.807) is 6.92 Å². The van der Waals surface area contributed by atoms with Crippen molar-refractivity contribution in [2.75, 3.05) is 16.8 Å². The first-order valence-electron chi connectivity index (χ1n) is 10.5. The summed E-state index contributed by atoms with van der Waals surface area (Å²) in [7, 11) is 0. The van der Waals surface area contributed by atoms with E-state index in [1.807, 2.05) is 0 Å². The van der Waals surface area contributed by atoms with Crippen LogP contribution in [0.1, 0.15) is 31.3 Å². The van der Waals surface area contributed by atoms with Crippen LogP contribution in [-0.4, -0.2) is 49.9 Å². The van der Waals surface area contributed by atoms with Gasteiger partial charge in [0.1, 0.15) is 30.1 Å². The van der Waals surface area contributed by atoms with Gasteiger partial charge in [-0.05, 0) is 26.0 Å². The molecule has 1 amide bonds. The van der Waals surface area contributed by atoms with Crippen molar-refractivity contribution >= 4 is 17.9 Å². The number of carbonyl (C=O) groups is 1. The highest BCUT2D eigenvalue weighted by Gasteiger charge is 2.38. The summed E-state index contributed by atoms with van der Waals surface area (Å²) in [5.41, 5.74) is -1.56. The number of nitrogens with zero attached hydrogens (tertiary/aromatic N) is 5. The molecule has 0 aliphatic carbocycles. The zero-order valence-electron chi connectivity index (χ0n) is 18.5. The number of hydrogen-bond acceptors (Lipinski definition) is 8. The molecule has 2 aromatic heterocycles. The number of halogens is 4. The van der Waals surface area contributed by atoms with E-state index in [4.69, 9.17) is 4.74 Å². The van der Waals surface area contributed by atoms with Crippen molar-refractivity contribution < 1.29 is 32.2 Å². The zero-order chi connectivity index (χ0) is 25.3. The van der Waals surface area contributed by atoms with Gasteiger partial charge in [0.25, 0.3) is 0 Å². The number of benzene rings is 1. The van der Waals surface area contributed by atoms with Gasteiger partial charge >= 0.3 is 12.3 Å². The molecule has 0 saturated carbocycles. The van der Waals surface area contributed by atoms with Crippen molar-refractivity contribution in [3.8, 4) is 11.1 Å². The number of cyclic esters (lactones) is 1. The second-order valence-corrected chi connectivity index (χ2v) is 7.85. The van der Waals surface area contributed by atoms with E-state index in [0.29, 0.717) is 6.07 Å². The number of ether oxygens (including phenoxy) is 1. The van der Waals surface area contributed by atoms with Gasteiger partial charge in [0, 0.05) is 29.7 Å². The smallest absolute Gasteiger partial charge is 0.419 e. The Morgan fingerprint density at radius 1 is 1.17 bits per heavy atom. The van der Waals surface area contributed by atoms with Gasteiger partial charge in [-0.15, -0.1) is 0 Å². The van der Waals surface area contributed by atoms with E-state index in [0.717, 1.165) is 6.07 Å². The van der Waals surface area contributed by atoms with Gasteiger partial charge in [-0.3, -0.25) is 4.90 Å². The van der Waals surface area contributed by atoms with Crippen LogP contribution in [0.4, 0.5) is 34.1 Å². The second-order valence-electron chi connectivity index (χ2n) is 7.85. The number of rotatable bonds is 6. The number of alkyl halides is 3. The lowest BCUT2D eigenvalue weighted by Crippen LogP contribution is -2.41. The molecule has 3 atom stereocenters. The lowest BCUT2D eigenvalue weighted by atomic mass is 10.0. The van der Waals surface area contributed by atoms with Crippen molar-refractivity contribution in [2.45, 2.75) is 38.2 Å². The Hall–Kier alpha value is -3.87. The summed E-state index contributed by atoms with van der Waals surface area (Å²) in [6.07, 6.45) is -2.44. The highest BCUT2D eigenvalue weighted by atomic mass is 19.4. The fraction of sp³-hybridized carbons (Fsp3) is 0.318. The molecule has 1 aromatic carbocycles. The van der Waals surface area contributed by atoms with Crippen LogP contribution in [0.3, 0.4) is 0 Å². The third-order valence-electron chi connectivity index (χ3n) is 5.37.